The third kappa shape index (κ3) is 3.03. The summed E-state index contributed by atoms with van der Waals surface area (Å²) in [6.07, 6.45) is 1.59. The number of hydrogen-bond donors (Lipinski definition) is 2. The maximum atomic E-state index is 13.1. The molecule has 2 aromatic carbocycles. The fourth-order valence-electron chi connectivity index (χ4n) is 2.04. The first-order valence-corrected chi connectivity index (χ1v) is 6.66. The van der Waals surface area contributed by atoms with Crippen LogP contribution in [-0.4, -0.2) is 4.98 Å². The lowest BCUT2D eigenvalue weighted by molar-refractivity contribution is 0.628. The van der Waals surface area contributed by atoms with E-state index >= 15 is 0 Å². The number of halogens is 2. The highest BCUT2D eigenvalue weighted by Crippen LogP contribution is 2.17. The molecule has 0 aliphatic rings. The van der Waals surface area contributed by atoms with Crippen LogP contribution >= 0.6 is 0 Å². The Morgan fingerprint density at radius 1 is 0.955 bits per heavy atom. The summed E-state index contributed by atoms with van der Waals surface area (Å²) in [6.45, 7) is 0. The molecule has 0 aliphatic heterocycles. The van der Waals surface area contributed by atoms with E-state index in [1.165, 1.54) is 24.3 Å². The van der Waals surface area contributed by atoms with Crippen molar-refractivity contribution < 1.29 is 8.78 Å². The number of nitrogens with two attached hydrogens (primary N) is 1. The molecule has 0 saturated heterocycles. The maximum Gasteiger partial charge on any atom is 0.123 e. The molecule has 1 aromatic heterocycles. The fourth-order valence-corrected chi connectivity index (χ4v) is 2.04. The molecule has 1 heterocycles. The van der Waals surface area contributed by atoms with E-state index in [-0.39, 0.29) is 11.6 Å². The molecule has 0 radical (unpaired) electrons. The number of aromatic nitrogens is 1. The summed E-state index contributed by atoms with van der Waals surface area (Å²) in [5.74, 6) is -0.602. The quantitative estimate of drug-likeness (QED) is 0.771. The molecule has 5 heteroatoms. The van der Waals surface area contributed by atoms with Crippen molar-refractivity contribution in [1.82, 2.24) is 4.98 Å². The summed E-state index contributed by atoms with van der Waals surface area (Å²) in [4.78, 5) is 4.38. The number of hydrogen-bond acceptors (Lipinski definition) is 3. The SMILES string of the molecule is N/C(=C\Nc1ccc(F)cc1)c1ccc2cc(F)ccc2n1. The van der Waals surface area contributed by atoms with E-state index in [0.29, 0.717) is 28.0 Å². The second-order valence-corrected chi connectivity index (χ2v) is 4.78. The van der Waals surface area contributed by atoms with Crippen molar-refractivity contribution >= 4 is 22.3 Å². The van der Waals surface area contributed by atoms with E-state index in [0.717, 1.165) is 0 Å². The van der Waals surface area contributed by atoms with Gasteiger partial charge in [0.2, 0.25) is 0 Å². The van der Waals surface area contributed by atoms with Crippen LogP contribution in [0.25, 0.3) is 16.6 Å². The molecular weight excluding hydrogens is 284 g/mol. The van der Waals surface area contributed by atoms with Gasteiger partial charge in [-0.2, -0.15) is 0 Å². The molecule has 0 aliphatic carbocycles. The average Bonchev–Trinajstić information content (AvgIpc) is 2.53. The molecule has 0 fully saturated rings. The summed E-state index contributed by atoms with van der Waals surface area (Å²) in [6, 6.07) is 13.8. The van der Waals surface area contributed by atoms with Crippen LogP contribution in [0.3, 0.4) is 0 Å². The van der Waals surface area contributed by atoms with Gasteiger partial charge in [0.15, 0.2) is 0 Å². The number of benzene rings is 2. The van der Waals surface area contributed by atoms with Gasteiger partial charge in [-0.3, -0.25) is 0 Å². The van der Waals surface area contributed by atoms with Gasteiger partial charge in [0, 0.05) is 17.3 Å². The number of nitrogens with one attached hydrogen (secondary N) is 1. The lowest BCUT2D eigenvalue weighted by atomic mass is 10.2. The van der Waals surface area contributed by atoms with Crippen LogP contribution in [0.5, 0.6) is 0 Å². The number of fused-ring (bicyclic) bond motifs is 1. The molecular formula is C17H13F2N3. The second kappa shape index (κ2) is 5.81. The molecule has 0 amide bonds. The summed E-state index contributed by atoms with van der Waals surface area (Å²) in [5, 5.41) is 3.68. The minimum atomic E-state index is -0.302. The van der Waals surface area contributed by atoms with Crippen LogP contribution in [0.15, 0.2) is 60.8 Å². The van der Waals surface area contributed by atoms with Crippen LogP contribution in [0, 0.1) is 11.6 Å². The summed E-state index contributed by atoms with van der Waals surface area (Å²) in [7, 11) is 0. The third-order valence-electron chi connectivity index (χ3n) is 3.19. The average molecular weight is 297 g/mol. The Labute approximate surface area is 126 Å². The highest BCUT2D eigenvalue weighted by atomic mass is 19.1. The van der Waals surface area contributed by atoms with Crippen molar-refractivity contribution in [3.63, 3.8) is 0 Å². The van der Waals surface area contributed by atoms with E-state index in [4.69, 9.17) is 5.73 Å². The van der Waals surface area contributed by atoms with Crippen molar-refractivity contribution in [2.24, 2.45) is 5.73 Å². The topological polar surface area (TPSA) is 50.9 Å². The van der Waals surface area contributed by atoms with Gasteiger partial charge in [-0.15, -0.1) is 0 Å². The van der Waals surface area contributed by atoms with E-state index in [2.05, 4.69) is 10.3 Å². The smallest absolute Gasteiger partial charge is 0.123 e. The zero-order chi connectivity index (χ0) is 15.5. The van der Waals surface area contributed by atoms with Gasteiger partial charge in [-0.1, -0.05) is 6.07 Å². The van der Waals surface area contributed by atoms with Gasteiger partial charge in [0.1, 0.15) is 11.6 Å². The third-order valence-corrected chi connectivity index (χ3v) is 3.19. The lowest BCUT2D eigenvalue weighted by Gasteiger charge is -2.05. The Morgan fingerprint density at radius 3 is 2.45 bits per heavy atom. The summed E-state index contributed by atoms with van der Waals surface area (Å²) < 4.78 is 26.0. The standard InChI is InChI=1S/C17H13F2N3/c18-12-2-5-14(6-3-12)21-10-15(20)17-7-1-11-9-13(19)4-8-16(11)22-17/h1-10,21H,20H2/b15-10-. The van der Waals surface area contributed by atoms with Crippen LogP contribution < -0.4 is 11.1 Å². The van der Waals surface area contributed by atoms with Gasteiger partial charge in [0.25, 0.3) is 0 Å². The summed E-state index contributed by atoms with van der Waals surface area (Å²) >= 11 is 0. The van der Waals surface area contributed by atoms with Gasteiger partial charge in [-0.05, 0) is 48.5 Å². The van der Waals surface area contributed by atoms with Gasteiger partial charge in [-0.25, -0.2) is 13.8 Å². The van der Waals surface area contributed by atoms with Crippen LogP contribution in [0.4, 0.5) is 14.5 Å². The van der Waals surface area contributed by atoms with E-state index in [9.17, 15) is 8.78 Å². The Kier molecular flexibility index (Phi) is 3.70. The van der Waals surface area contributed by atoms with Gasteiger partial charge < -0.3 is 11.1 Å². The predicted octanol–water partition coefficient (Wildman–Crippen LogP) is 3.88. The Hall–Kier alpha value is -2.95. The molecule has 110 valence electrons. The lowest BCUT2D eigenvalue weighted by Crippen LogP contribution is -2.02. The highest BCUT2D eigenvalue weighted by Gasteiger charge is 2.02. The molecule has 3 nitrogen and oxygen atoms in total. The first-order chi connectivity index (χ1) is 10.6. The van der Waals surface area contributed by atoms with Crippen LogP contribution in [-0.2, 0) is 0 Å². The van der Waals surface area contributed by atoms with E-state index < -0.39 is 0 Å². The number of pyridine rings is 1. The Morgan fingerprint density at radius 2 is 1.68 bits per heavy atom. The molecule has 3 aromatic rings. The second-order valence-electron chi connectivity index (χ2n) is 4.78. The molecule has 0 bridgehead atoms. The summed E-state index contributed by atoms with van der Waals surface area (Å²) in [5.41, 5.74) is 8.36. The van der Waals surface area contributed by atoms with Gasteiger partial charge >= 0.3 is 0 Å². The van der Waals surface area contributed by atoms with Crippen molar-refractivity contribution in [3.05, 3.63) is 78.1 Å². The number of nitrogens with zero attached hydrogens (tertiary/aromatic N) is 1. The van der Waals surface area contributed by atoms with E-state index in [1.54, 1.807) is 36.5 Å². The largest absolute Gasteiger partial charge is 0.396 e. The normalized spacial score (nSPS) is 11.6. The van der Waals surface area contributed by atoms with Crippen LogP contribution in [0.1, 0.15) is 5.69 Å². The van der Waals surface area contributed by atoms with Crippen LogP contribution in [0.2, 0.25) is 0 Å². The van der Waals surface area contributed by atoms with Crippen molar-refractivity contribution in [2.45, 2.75) is 0 Å². The molecule has 3 N–H and O–H groups in total. The van der Waals surface area contributed by atoms with E-state index in [1.807, 2.05) is 0 Å². The number of rotatable bonds is 3. The first-order valence-electron chi connectivity index (χ1n) is 6.66. The highest BCUT2D eigenvalue weighted by molar-refractivity contribution is 5.80. The zero-order valence-corrected chi connectivity index (χ0v) is 11.6. The van der Waals surface area contributed by atoms with Crippen molar-refractivity contribution in [2.75, 3.05) is 5.32 Å². The Bertz CT molecular complexity index is 842. The molecule has 3 rings (SSSR count). The zero-order valence-electron chi connectivity index (χ0n) is 11.6. The maximum absolute atomic E-state index is 13.1. The van der Waals surface area contributed by atoms with Crippen molar-refractivity contribution in [1.29, 1.82) is 0 Å². The van der Waals surface area contributed by atoms with Gasteiger partial charge in [0.05, 0.1) is 16.9 Å². The molecule has 0 unspecified atom stereocenters. The monoisotopic (exact) mass is 297 g/mol. The number of anilines is 1. The molecule has 0 atom stereocenters. The Balaban J connectivity index is 1.84. The minimum Gasteiger partial charge on any atom is -0.396 e. The molecule has 22 heavy (non-hydrogen) atoms. The minimum absolute atomic E-state index is 0.300. The predicted molar refractivity (Wildman–Crippen MR) is 83.9 cm³/mol. The van der Waals surface area contributed by atoms with Crippen molar-refractivity contribution in [3.8, 4) is 0 Å². The molecule has 0 saturated carbocycles. The molecule has 0 spiro atoms. The first kappa shape index (κ1) is 14.0. The fraction of sp³-hybridized carbons (Fsp3) is 0.